The average Bonchev–Trinajstić information content (AvgIpc) is 2.53. The maximum atomic E-state index is 11.5. The number of nitrogens with one attached hydrogen (secondary N) is 2. The van der Waals surface area contributed by atoms with E-state index in [1.807, 2.05) is 20.1 Å². The summed E-state index contributed by atoms with van der Waals surface area (Å²) in [7, 11) is 0. The number of aldehydes is 1. The predicted octanol–water partition coefficient (Wildman–Crippen LogP) is 2.35. The van der Waals surface area contributed by atoms with Crippen LogP contribution in [-0.4, -0.2) is 31.1 Å². The Bertz CT molecular complexity index is 581. The third kappa shape index (κ3) is 5.32. The van der Waals surface area contributed by atoms with Crippen molar-refractivity contribution < 1.29 is 19.1 Å². The topological polar surface area (TPSA) is 96.3 Å². The first kappa shape index (κ1) is 18.5. The molecule has 1 amide bonds. The number of hydrogen-bond donors (Lipinski definition) is 2. The summed E-state index contributed by atoms with van der Waals surface area (Å²) in [6.45, 7) is 5.73. The summed E-state index contributed by atoms with van der Waals surface area (Å²) in [5.74, 6) is 0.113. The van der Waals surface area contributed by atoms with Gasteiger partial charge in [-0.2, -0.15) is 0 Å². The van der Waals surface area contributed by atoms with Gasteiger partial charge in [-0.05, 0) is 18.4 Å². The van der Waals surface area contributed by atoms with Gasteiger partial charge in [-0.3, -0.25) is 15.5 Å². The number of rotatable bonds is 7. The second-order valence-corrected chi connectivity index (χ2v) is 5.87. The van der Waals surface area contributed by atoms with Crippen LogP contribution in [-0.2, 0) is 19.7 Å². The monoisotopic (exact) mass is 317 g/mol. The van der Waals surface area contributed by atoms with Crippen LogP contribution in [0.25, 0.3) is 0 Å². The van der Waals surface area contributed by atoms with E-state index in [0.29, 0.717) is 17.4 Å². The Morgan fingerprint density at radius 3 is 2.48 bits per heavy atom. The molecule has 0 spiro atoms. The van der Waals surface area contributed by atoms with Gasteiger partial charge < -0.3 is 9.53 Å². The number of amides is 1. The van der Waals surface area contributed by atoms with Crippen LogP contribution in [0.5, 0.6) is 0 Å². The van der Waals surface area contributed by atoms with E-state index >= 15 is 0 Å². The van der Waals surface area contributed by atoms with Gasteiger partial charge in [0.1, 0.15) is 12.1 Å². The van der Waals surface area contributed by atoms with E-state index in [1.165, 1.54) is 0 Å². The summed E-state index contributed by atoms with van der Waals surface area (Å²) in [6, 6.07) is 6.47. The van der Waals surface area contributed by atoms with E-state index in [2.05, 4.69) is 5.32 Å². The molecule has 2 N–H and O–H groups in total. The van der Waals surface area contributed by atoms with Gasteiger partial charge in [0.2, 0.25) is 6.29 Å². The van der Waals surface area contributed by atoms with E-state index in [4.69, 9.17) is 10.1 Å². The number of ether oxygens (including phenoxy) is 1. The summed E-state index contributed by atoms with van der Waals surface area (Å²) in [5.41, 5.74) is 0.0830. The van der Waals surface area contributed by atoms with Crippen molar-refractivity contribution in [3.8, 4) is 0 Å². The highest BCUT2D eigenvalue weighted by Gasteiger charge is 2.27. The molecule has 0 aliphatic carbocycles. The Hall–Kier alpha value is -2.50. The number of carbonyl (C=O) groups excluding carboxylic acids is 3. The molecule has 0 bridgehead atoms. The maximum absolute atomic E-state index is 11.5. The van der Waals surface area contributed by atoms with Crippen LogP contribution < -0.4 is 5.32 Å². The fourth-order valence-corrected chi connectivity index (χ4v) is 1.84. The van der Waals surface area contributed by atoms with Crippen molar-refractivity contribution in [2.24, 2.45) is 5.92 Å². The molecular weight excluding hydrogens is 296 g/mol. The second-order valence-electron chi connectivity index (χ2n) is 5.87. The molecule has 0 aliphatic heterocycles. The third-order valence-corrected chi connectivity index (χ3v) is 3.30. The van der Waals surface area contributed by atoms with Gasteiger partial charge in [0.05, 0.1) is 12.0 Å². The zero-order valence-electron chi connectivity index (χ0n) is 13.5. The van der Waals surface area contributed by atoms with E-state index in [9.17, 15) is 14.4 Å². The van der Waals surface area contributed by atoms with Crippen molar-refractivity contribution in [1.29, 1.82) is 5.41 Å². The van der Waals surface area contributed by atoms with Crippen molar-refractivity contribution in [3.63, 3.8) is 0 Å². The molecule has 6 heteroatoms. The van der Waals surface area contributed by atoms with Gasteiger partial charge >= 0.3 is 6.09 Å². The summed E-state index contributed by atoms with van der Waals surface area (Å²) in [5, 5.41) is 10.2. The number of benzene rings is 1. The molecule has 23 heavy (non-hydrogen) atoms. The minimum atomic E-state index is -1.01. The van der Waals surface area contributed by atoms with Gasteiger partial charge in [0.15, 0.2) is 0 Å². The minimum absolute atomic E-state index is 0.0348. The van der Waals surface area contributed by atoms with E-state index in [0.717, 1.165) is 0 Å². The van der Waals surface area contributed by atoms with E-state index < -0.39 is 11.5 Å². The lowest BCUT2D eigenvalue weighted by Gasteiger charge is -2.20. The molecule has 0 fully saturated rings. The summed E-state index contributed by atoms with van der Waals surface area (Å²) < 4.78 is 4.94. The third-order valence-electron chi connectivity index (χ3n) is 3.30. The Labute approximate surface area is 135 Å². The zero-order chi connectivity index (χ0) is 17.5. The molecule has 0 aromatic heterocycles. The number of hydrogen-bond acceptors (Lipinski definition) is 5. The normalized spacial score (nSPS) is 13.0. The lowest BCUT2D eigenvalue weighted by atomic mass is 9.81. The van der Waals surface area contributed by atoms with Crippen molar-refractivity contribution in [1.82, 2.24) is 5.32 Å². The molecule has 0 saturated carbocycles. The summed E-state index contributed by atoms with van der Waals surface area (Å²) >= 11 is 0. The molecule has 1 radical (unpaired) electrons. The molecule has 1 aromatic carbocycles. The molecule has 1 atom stereocenters. The predicted molar refractivity (Wildman–Crippen MR) is 86.3 cm³/mol. The first-order valence-corrected chi connectivity index (χ1v) is 7.28. The van der Waals surface area contributed by atoms with Crippen LogP contribution in [0.15, 0.2) is 24.3 Å². The molecule has 0 saturated heterocycles. The van der Waals surface area contributed by atoms with Crippen molar-refractivity contribution in [2.75, 3.05) is 6.61 Å². The van der Waals surface area contributed by atoms with Gasteiger partial charge in [-0.25, -0.2) is 4.79 Å². The van der Waals surface area contributed by atoms with Gasteiger partial charge in [0, 0.05) is 12.0 Å². The molecule has 0 heterocycles. The Balaban J connectivity index is 2.76. The van der Waals surface area contributed by atoms with Gasteiger partial charge in [-0.15, -0.1) is 0 Å². The second kappa shape index (κ2) is 8.22. The van der Waals surface area contributed by atoms with Crippen molar-refractivity contribution >= 4 is 24.5 Å². The Morgan fingerprint density at radius 1 is 1.39 bits per heavy atom. The smallest absolute Gasteiger partial charge is 0.412 e. The number of carbonyl (C=O) groups is 2. The highest BCUT2D eigenvalue weighted by atomic mass is 16.5. The zero-order valence-corrected chi connectivity index (χ0v) is 13.5. The lowest BCUT2D eigenvalue weighted by molar-refractivity contribution is -0.108. The first-order valence-electron chi connectivity index (χ1n) is 7.28. The van der Waals surface area contributed by atoms with Crippen LogP contribution in [0, 0.1) is 11.3 Å². The van der Waals surface area contributed by atoms with Gasteiger partial charge in [-0.1, -0.05) is 38.1 Å². The van der Waals surface area contributed by atoms with Crippen LogP contribution >= 0.6 is 0 Å². The molecule has 0 aliphatic rings. The van der Waals surface area contributed by atoms with E-state index in [1.54, 1.807) is 31.2 Å². The van der Waals surface area contributed by atoms with E-state index in [-0.39, 0.29) is 24.8 Å². The number of amidine groups is 1. The van der Waals surface area contributed by atoms with Crippen molar-refractivity contribution in [3.05, 3.63) is 35.4 Å². The quantitative estimate of drug-likeness (QED) is 0.458. The van der Waals surface area contributed by atoms with Crippen molar-refractivity contribution in [2.45, 2.75) is 32.6 Å². The van der Waals surface area contributed by atoms with Gasteiger partial charge in [0.25, 0.3) is 0 Å². The first-order chi connectivity index (χ1) is 10.8. The standard InChI is InChI=1S/C17H21N2O4/c1-12(2)10-23-16(22)19-15(18)13-4-6-14(7-5-13)17(3,11-21)8-9-20/h4-7,9,12H,8,10H2,1-3H3,(H2,18,19,22). The van der Waals surface area contributed by atoms with Crippen LogP contribution in [0.4, 0.5) is 4.79 Å². The van der Waals surface area contributed by atoms with Crippen LogP contribution in [0.3, 0.4) is 0 Å². The average molecular weight is 317 g/mol. The maximum Gasteiger partial charge on any atom is 0.412 e. The molecule has 1 aromatic rings. The molecule has 6 nitrogen and oxygen atoms in total. The molecule has 1 unspecified atom stereocenters. The molecular formula is C17H21N2O4. The lowest BCUT2D eigenvalue weighted by Crippen LogP contribution is -2.32. The Morgan fingerprint density at radius 2 is 2.00 bits per heavy atom. The molecule has 1 rings (SSSR count). The molecule has 123 valence electrons. The summed E-state index contributed by atoms with van der Waals surface area (Å²) in [4.78, 5) is 33.3. The SMILES string of the molecule is CC(C)COC(=O)NC(=N)c1ccc(C(C)([C]=O)CC=O)cc1. The van der Waals surface area contributed by atoms with Crippen LogP contribution in [0.1, 0.15) is 38.3 Å². The summed E-state index contributed by atoms with van der Waals surface area (Å²) in [6.07, 6.45) is 1.91. The number of alkyl carbamates (subject to hydrolysis) is 1. The fraction of sp³-hybridized carbons (Fsp3) is 0.412. The highest BCUT2D eigenvalue weighted by molar-refractivity contribution is 6.04. The fourth-order valence-electron chi connectivity index (χ4n) is 1.84. The highest BCUT2D eigenvalue weighted by Crippen LogP contribution is 2.24. The van der Waals surface area contributed by atoms with Crippen LogP contribution in [0.2, 0.25) is 0 Å². The Kier molecular flexibility index (Phi) is 6.63. The minimum Gasteiger partial charge on any atom is -0.449 e. The largest absolute Gasteiger partial charge is 0.449 e.